The summed E-state index contributed by atoms with van der Waals surface area (Å²) in [6.07, 6.45) is 1.63. The van der Waals surface area contributed by atoms with Crippen LogP contribution in [-0.4, -0.2) is 17.1 Å². The van der Waals surface area contributed by atoms with Gasteiger partial charge in [0.1, 0.15) is 12.4 Å². The highest BCUT2D eigenvalue weighted by atomic mass is 32.1. The molecule has 2 N–H and O–H groups in total. The van der Waals surface area contributed by atoms with E-state index in [4.69, 9.17) is 10.5 Å². The lowest BCUT2D eigenvalue weighted by Crippen LogP contribution is -2.51. The zero-order valence-corrected chi connectivity index (χ0v) is 11.2. The number of benzene rings is 1. The molecule has 1 atom stereocenters. The van der Waals surface area contributed by atoms with Crippen molar-refractivity contribution >= 4 is 11.3 Å². The number of nitrogens with zero attached hydrogens (tertiary/aromatic N) is 1. The summed E-state index contributed by atoms with van der Waals surface area (Å²) in [6.45, 7) is 2.57. The minimum Gasteiger partial charge on any atom is -0.491 e. The first-order valence-corrected chi connectivity index (χ1v) is 6.93. The minimum atomic E-state index is -0.335. The molecule has 94 valence electrons. The minimum absolute atomic E-state index is 0.335. The number of hydrogen-bond acceptors (Lipinski definition) is 4. The number of aryl methyl sites for hydroxylation is 1. The van der Waals surface area contributed by atoms with Crippen LogP contribution in [0.25, 0.3) is 0 Å². The van der Waals surface area contributed by atoms with Crippen molar-refractivity contribution in [1.82, 2.24) is 4.98 Å². The fourth-order valence-electron chi connectivity index (χ4n) is 2.34. The second-order valence-electron chi connectivity index (χ2n) is 4.99. The normalized spacial score (nSPS) is 22.3. The summed E-state index contributed by atoms with van der Waals surface area (Å²) in [5.74, 6) is 0.967. The van der Waals surface area contributed by atoms with Crippen LogP contribution in [0.2, 0.25) is 0 Å². The van der Waals surface area contributed by atoms with E-state index in [1.807, 2.05) is 25.1 Å². The highest BCUT2D eigenvalue weighted by molar-refractivity contribution is 7.09. The first-order chi connectivity index (χ1) is 8.65. The Morgan fingerprint density at radius 1 is 1.44 bits per heavy atom. The van der Waals surface area contributed by atoms with Crippen LogP contribution < -0.4 is 10.5 Å². The van der Waals surface area contributed by atoms with Gasteiger partial charge in [-0.1, -0.05) is 18.2 Å². The Bertz CT molecular complexity index is 566. The largest absolute Gasteiger partial charge is 0.491 e. The van der Waals surface area contributed by atoms with Gasteiger partial charge in [-0.15, -0.1) is 11.3 Å². The Morgan fingerprint density at radius 2 is 2.28 bits per heavy atom. The molecule has 0 aliphatic carbocycles. The molecule has 3 nitrogen and oxygen atoms in total. The van der Waals surface area contributed by atoms with Gasteiger partial charge in [0.15, 0.2) is 0 Å². The maximum absolute atomic E-state index is 6.46. The van der Waals surface area contributed by atoms with E-state index in [1.165, 1.54) is 5.56 Å². The number of ether oxygens (including phenoxy) is 1. The first kappa shape index (κ1) is 11.7. The average Bonchev–Trinajstić information content (AvgIpc) is 2.74. The average molecular weight is 260 g/mol. The third-order valence-electron chi connectivity index (χ3n) is 3.20. The maximum atomic E-state index is 6.46. The lowest BCUT2D eigenvalue weighted by atomic mass is 9.87. The van der Waals surface area contributed by atoms with E-state index in [-0.39, 0.29) is 5.54 Å². The van der Waals surface area contributed by atoms with Gasteiger partial charge in [-0.25, -0.2) is 4.98 Å². The van der Waals surface area contributed by atoms with E-state index in [2.05, 4.69) is 16.4 Å². The SMILES string of the molecule is Cc1csc(CC2(N)COc3ccccc3C2)n1. The maximum Gasteiger partial charge on any atom is 0.122 e. The number of nitrogens with two attached hydrogens (primary N) is 1. The zero-order valence-electron chi connectivity index (χ0n) is 10.3. The number of fused-ring (bicyclic) bond motifs is 1. The molecule has 3 rings (SSSR count). The van der Waals surface area contributed by atoms with Gasteiger partial charge in [-0.05, 0) is 25.0 Å². The molecule has 0 bridgehead atoms. The summed E-state index contributed by atoms with van der Waals surface area (Å²) in [5.41, 5.74) is 8.38. The van der Waals surface area contributed by atoms with Crippen molar-refractivity contribution in [3.05, 3.63) is 45.9 Å². The van der Waals surface area contributed by atoms with E-state index in [0.29, 0.717) is 6.61 Å². The smallest absolute Gasteiger partial charge is 0.122 e. The van der Waals surface area contributed by atoms with Gasteiger partial charge >= 0.3 is 0 Å². The van der Waals surface area contributed by atoms with Crippen LogP contribution in [0.4, 0.5) is 0 Å². The van der Waals surface area contributed by atoms with Crippen molar-refractivity contribution in [2.45, 2.75) is 25.3 Å². The van der Waals surface area contributed by atoms with E-state index in [0.717, 1.165) is 29.3 Å². The zero-order chi connectivity index (χ0) is 12.6. The van der Waals surface area contributed by atoms with Crippen molar-refractivity contribution in [1.29, 1.82) is 0 Å². The molecule has 1 aromatic carbocycles. The van der Waals surface area contributed by atoms with Crippen molar-refractivity contribution in [2.24, 2.45) is 5.73 Å². The number of thiazole rings is 1. The Labute approximate surface area is 111 Å². The highest BCUT2D eigenvalue weighted by Gasteiger charge is 2.32. The molecule has 18 heavy (non-hydrogen) atoms. The molecule has 1 aromatic heterocycles. The lowest BCUT2D eigenvalue weighted by Gasteiger charge is -2.34. The summed E-state index contributed by atoms with van der Waals surface area (Å²) in [7, 11) is 0. The highest BCUT2D eigenvalue weighted by Crippen LogP contribution is 2.30. The summed E-state index contributed by atoms with van der Waals surface area (Å²) in [5, 5.41) is 3.16. The predicted octanol–water partition coefficient (Wildman–Crippen LogP) is 2.33. The van der Waals surface area contributed by atoms with Crippen LogP contribution in [0.1, 0.15) is 16.3 Å². The summed E-state index contributed by atoms with van der Waals surface area (Å²) >= 11 is 1.68. The molecule has 0 radical (unpaired) electrons. The second kappa shape index (κ2) is 4.37. The Balaban J connectivity index is 1.81. The molecular formula is C14H16N2OS. The van der Waals surface area contributed by atoms with Gasteiger partial charge in [-0.3, -0.25) is 0 Å². The molecule has 1 unspecified atom stereocenters. The molecule has 0 saturated carbocycles. The van der Waals surface area contributed by atoms with Gasteiger partial charge < -0.3 is 10.5 Å². The molecular weight excluding hydrogens is 244 g/mol. The fourth-order valence-corrected chi connectivity index (χ4v) is 3.27. The van der Waals surface area contributed by atoms with Crippen LogP contribution in [0.15, 0.2) is 29.6 Å². The number of hydrogen-bond donors (Lipinski definition) is 1. The van der Waals surface area contributed by atoms with Crippen molar-refractivity contribution in [2.75, 3.05) is 6.61 Å². The molecule has 1 aliphatic heterocycles. The number of para-hydroxylation sites is 1. The van der Waals surface area contributed by atoms with Gasteiger partial charge in [0, 0.05) is 17.5 Å². The van der Waals surface area contributed by atoms with Crippen molar-refractivity contribution in [3.63, 3.8) is 0 Å². The van der Waals surface area contributed by atoms with Gasteiger partial charge in [0.25, 0.3) is 0 Å². The molecule has 2 heterocycles. The van der Waals surface area contributed by atoms with Crippen LogP contribution in [0.3, 0.4) is 0 Å². The first-order valence-electron chi connectivity index (χ1n) is 6.05. The molecule has 0 fully saturated rings. The van der Waals surface area contributed by atoms with E-state index in [1.54, 1.807) is 11.3 Å². The Morgan fingerprint density at radius 3 is 3.06 bits per heavy atom. The van der Waals surface area contributed by atoms with Crippen molar-refractivity contribution in [3.8, 4) is 5.75 Å². The monoisotopic (exact) mass is 260 g/mol. The molecule has 1 aliphatic rings. The molecule has 2 aromatic rings. The van der Waals surface area contributed by atoms with E-state index >= 15 is 0 Å². The molecule has 0 saturated heterocycles. The van der Waals surface area contributed by atoms with E-state index in [9.17, 15) is 0 Å². The van der Waals surface area contributed by atoms with Gasteiger partial charge in [0.05, 0.1) is 10.5 Å². The third kappa shape index (κ3) is 2.26. The fraction of sp³-hybridized carbons (Fsp3) is 0.357. The van der Waals surface area contributed by atoms with Crippen LogP contribution in [-0.2, 0) is 12.8 Å². The molecule has 4 heteroatoms. The number of rotatable bonds is 2. The summed E-state index contributed by atoms with van der Waals surface area (Å²) < 4.78 is 5.77. The van der Waals surface area contributed by atoms with Crippen LogP contribution >= 0.6 is 11.3 Å². The topological polar surface area (TPSA) is 48.1 Å². The summed E-state index contributed by atoms with van der Waals surface area (Å²) in [4.78, 5) is 4.49. The Hall–Kier alpha value is -1.39. The Kier molecular flexibility index (Phi) is 2.84. The van der Waals surface area contributed by atoms with Gasteiger partial charge in [-0.2, -0.15) is 0 Å². The van der Waals surface area contributed by atoms with Crippen LogP contribution in [0, 0.1) is 6.92 Å². The standard InChI is InChI=1S/C14H16N2OS/c1-10-8-18-13(16-10)7-14(15)6-11-4-2-3-5-12(11)17-9-14/h2-5,8H,6-7,9,15H2,1H3. The lowest BCUT2D eigenvalue weighted by molar-refractivity contribution is 0.189. The third-order valence-corrected chi connectivity index (χ3v) is 4.17. The molecule has 0 amide bonds. The van der Waals surface area contributed by atoms with Gasteiger partial charge in [0.2, 0.25) is 0 Å². The second-order valence-corrected chi connectivity index (χ2v) is 5.94. The number of aromatic nitrogens is 1. The van der Waals surface area contributed by atoms with Crippen molar-refractivity contribution < 1.29 is 4.74 Å². The van der Waals surface area contributed by atoms with Crippen LogP contribution in [0.5, 0.6) is 5.75 Å². The quantitative estimate of drug-likeness (QED) is 0.901. The summed E-state index contributed by atoms with van der Waals surface area (Å²) in [6, 6.07) is 8.11. The van der Waals surface area contributed by atoms with E-state index < -0.39 is 0 Å². The predicted molar refractivity (Wildman–Crippen MR) is 73.1 cm³/mol. The molecule has 0 spiro atoms.